The number of cyclic esters (lactones) is 1. The molecule has 0 fully saturated rings. The Balaban J connectivity index is 1.80. The zero-order valence-electron chi connectivity index (χ0n) is 29.5. The van der Waals surface area contributed by atoms with E-state index in [4.69, 9.17) is 9.47 Å². The van der Waals surface area contributed by atoms with Gasteiger partial charge >= 0.3 is 5.97 Å². The molecule has 2 aromatic carbocycles. The van der Waals surface area contributed by atoms with Gasteiger partial charge in [-0.1, -0.05) is 68.0 Å². The predicted octanol–water partition coefficient (Wildman–Crippen LogP) is 4.00. The number of aliphatic hydroxyl groups excluding tert-OH is 1. The number of esters is 1. The SMILES string of the molecule is COC1C(=O)O[C@H](C)[C@H](C)/C=C(\C)C[C@H](C)C(=O)N[C@@H](C)C(=O)N(C)C(Cc2c[nH]c3ccccc23)C(=O)N[C@H]1c1ccc(CCO)cc1. The van der Waals surface area contributed by atoms with E-state index in [9.17, 15) is 24.3 Å². The van der Waals surface area contributed by atoms with Crippen LogP contribution in [0.3, 0.4) is 0 Å². The van der Waals surface area contributed by atoms with Gasteiger partial charge < -0.3 is 35.1 Å². The molecule has 4 N–H and O–H groups in total. The van der Waals surface area contributed by atoms with Crippen molar-refractivity contribution >= 4 is 34.6 Å². The minimum absolute atomic E-state index is 0.0236. The molecule has 264 valence electrons. The monoisotopic (exact) mass is 674 g/mol. The van der Waals surface area contributed by atoms with Crippen LogP contribution in [0.15, 0.2) is 66.4 Å². The van der Waals surface area contributed by atoms with Crippen molar-refractivity contribution in [2.45, 2.75) is 84.2 Å². The number of likely N-dealkylation sites (N-methyl/N-ethyl adjacent to an activating group) is 1. The molecule has 2 unspecified atom stereocenters. The van der Waals surface area contributed by atoms with E-state index in [2.05, 4.69) is 15.6 Å². The van der Waals surface area contributed by atoms with Crippen LogP contribution in [0.1, 0.15) is 63.8 Å². The van der Waals surface area contributed by atoms with Crippen LogP contribution >= 0.6 is 0 Å². The van der Waals surface area contributed by atoms with Gasteiger partial charge in [0.25, 0.3) is 0 Å². The largest absolute Gasteiger partial charge is 0.460 e. The minimum atomic E-state index is -1.22. The van der Waals surface area contributed by atoms with Crippen LogP contribution in [0.25, 0.3) is 10.9 Å². The molecule has 7 atom stereocenters. The van der Waals surface area contributed by atoms with Gasteiger partial charge in [-0.25, -0.2) is 4.79 Å². The van der Waals surface area contributed by atoms with Crippen molar-refractivity contribution in [1.29, 1.82) is 0 Å². The number of carbonyl (C=O) groups excluding carboxylic acids is 4. The number of allylic oxidation sites excluding steroid dienone is 1. The molecule has 0 radical (unpaired) electrons. The van der Waals surface area contributed by atoms with Gasteiger partial charge in [0.2, 0.25) is 17.7 Å². The molecule has 49 heavy (non-hydrogen) atoms. The Morgan fingerprint density at radius 3 is 2.33 bits per heavy atom. The summed E-state index contributed by atoms with van der Waals surface area (Å²) in [5.74, 6) is -2.50. The number of benzene rings is 2. The van der Waals surface area contributed by atoms with Gasteiger partial charge in [0.15, 0.2) is 6.10 Å². The van der Waals surface area contributed by atoms with E-state index in [1.54, 1.807) is 40.0 Å². The van der Waals surface area contributed by atoms with E-state index in [-0.39, 0.29) is 24.9 Å². The number of aliphatic hydroxyl groups is 1. The van der Waals surface area contributed by atoms with Gasteiger partial charge in [0, 0.05) is 56.1 Å². The fourth-order valence-corrected chi connectivity index (χ4v) is 6.35. The molecule has 2 heterocycles. The summed E-state index contributed by atoms with van der Waals surface area (Å²) in [6, 6.07) is 12.0. The van der Waals surface area contributed by atoms with E-state index >= 15 is 0 Å². The van der Waals surface area contributed by atoms with Crippen molar-refractivity contribution in [2.75, 3.05) is 20.8 Å². The first-order chi connectivity index (χ1) is 23.3. The first-order valence-electron chi connectivity index (χ1n) is 16.9. The number of carbonyl (C=O) groups is 4. The van der Waals surface area contributed by atoms with Gasteiger partial charge in [0.05, 0.1) is 6.04 Å². The number of amides is 3. The second kappa shape index (κ2) is 16.8. The molecular formula is C38H50N4O7. The number of ether oxygens (including phenoxy) is 2. The second-order valence-corrected chi connectivity index (χ2v) is 13.2. The van der Waals surface area contributed by atoms with Gasteiger partial charge in [-0.3, -0.25) is 14.4 Å². The fraction of sp³-hybridized carbons (Fsp3) is 0.474. The lowest BCUT2D eigenvalue weighted by Gasteiger charge is -2.33. The van der Waals surface area contributed by atoms with Crippen LogP contribution in [0.5, 0.6) is 0 Å². The molecule has 0 saturated heterocycles. The lowest BCUT2D eigenvalue weighted by molar-refractivity contribution is -0.164. The van der Waals surface area contributed by atoms with E-state index in [0.29, 0.717) is 18.4 Å². The average molecular weight is 675 g/mol. The maximum absolute atomic E-state index is 14.5. The van der Waals surface area contributed by atoms with Crippen molar-refractivity contribution in [3.8, 4) is 0 Å². The molecule has 0 spiro atoms. The van der Waals surface area contributed by atoms with E-state index in [1.807, 2.05) is 62.5 Å². The number of nitrogens with zero attached hydrogens (tertiary/aromatic N) is 1. The highest BCUT2D eigenvalue weighted by Crippen LogP contribution is 2.26. The third-order valence-electron chi connectivity index (χ3n) is 9.43. The standard InChI is InChI=1S/C38H50N4O7/c1-22-18-23(2)26(5)49-38(47)34(48-7)33(28-14-12-27(13-15-28)16-17-43)41-36(45)32(20-29-21-39-31-11-9-8-10-30(29)31)42(6)37(46)25(4)40-35(44)24(3)19-22/h8-15,18,21,23-26,32-34,39,43H,16-17,19-20H2,1-7H3,(H,40,44)(H,41,45)/b22-18+/t23-,24+,25+,26-,32?,33+,34?/m1/s1. The van der Waals surface area contributed by atoms with Gasteiger partial charge in [-0.15, -0.1) is 0 Å². The van der Waals surface area contributed by atoms with Crippen molar-refractivity contribution in [3.63, 3.8) is 0 Å². The average Bonchev–Trinajstić information content (AvgIpc) is 3.48. The van der Waals surface area contributed by atoms with Crippen molar-refractivity contribution in [2.24, 2.45) is 11.8 Å². The number of para-hydroxylation sites is 1. The molecule has 11 heteroatoms. The third kappa shape index (κ3) is 9.16. The Morgan fingerprint density at radius 2 is 1.65 bits per heavy atom. The molecule has 1 aliphatic heterocycles. The highest BCUT2D eigenvalue weighted by atomic mass is 16.6. The minimum Gasteiger partial charge on any atom is -0.460 e. The molecule has 3 aromatic rings. The third-order valence-corrected chi connectivity index (χ3v) is 9.43. The zero-order chi connectivity index (χ0) is 35.8. The highest BCUT2D eigenvalue weighted by Gasteiger charge is 2.38. The lowest BCUT2D eigenvalue weighted by atomic mass is 9.95. The Morgan fingerprint density at radius 1 is 0.959 bits per heavy atom. The molecule has 4 rings (SSSR count). The highest BCUT2D eigenvalue weighted by molar-refractivity contribution is 5.93. The first-order valence-corrected chi connectivity index (χ1v) is 16.9. The summed E-state index contributed by atoms with van der Waals surface area (Å²) in [4.78, 5) is 60.0. The van der Waals surface area contributed by atoms with E-state index in [0.717, 1.165) is 27.6 Å². The molecule has 0 bridgehead atoms. The summed E-state index contributed by atoms with van der Waals surface area (Å²) in [6.07, 6.45) is 3.08. The van der Waals surface area contributed by atoms with Crippen LogP contribution in [0, 0.1) is 11.8 Å². The normalized spacial score (nSPS) is 27.8. The topological polar surface area (TPSA) is 150 Å². The lowest BCUT2D eigenvalue weighted by Crippen LogP contribution is -2.56. The van der Waals surface area contributed by atoms with Crippen LogP contribution in [0.4, 0.5) is 0 Å². The number of methoxy groups -OCH3 is 1. The van der Waals surface area contributed by atoms with E-state index in [1.165, 1.54) is 12.0 Å². The summed E-state index contributed by atoms with van der Waals surface area (Å²) < 4.78 is 11.7. The number of fused-ring (bicyclic) bond motifs is 1. The molecule has 1 aliphatic rings. The number of H-pyrrole nitrogens is 1. The predicted molar refractivity (Wildman–Crippen MR) is 187 cm³/mol. The number of hydrogen-bond donors (Lipinski definition) is 4. The van der Waals surface area contributed by atoms with Crippen LogP contribution < -0.4 is 10.6 Å². The van der Waals surface area contributed by atoms with Crippen molar-refractivity contribution in [3.05, 3.63) is 83.1 Å². The number of nitrogens with one attached hydrogen (secondary N) is 3. The zero-order valence-corrected chi connectivity index (χ0v) is 29.5. The number of hydrogen-bond acceptors (Lipinski definition) is 7. The van der Waals surface area contributed by atoms with Crippen LogP contribution in [-0.4, -0.2) is 83.7 Å². The Kier molecular flexibility index (Phi) is 12.8. The van der Waals surface area contributed by atoms with Gasteiger partial charge in [-0.2, -0.15) is 0 Å². The quantitative estimate of drug-likeness (QED) is 0.228. The molecule has 0 saturated carbocycles. The summed E-state index contributed by atoms with van der Waals surface area (Å²) >= 11 is 0. The van der Waals surface area contributed by atoms with Crippen molar-refractivity contribution in [1.82, 2.24) is 20.5 Å². The second-order valence-electron chi connectivity index (χ2n) is 13.2. The Hall–Kier alpha value is -4.48. The molecule has 0 aliphatic carbocycles. The molecule has 3 amide bonds. The Bertz CT molecular complexity index is 1650. The first kappa shape index (κ1) is 37.3. The maximum atomic E-state index is 14.5. The molecule has 11 nitrogen and oxygen atoms in total. The van der Waals surface area contributed by atoms with Gasteiger partial charge in [-0.05, 0) is 56.4 Å². The summed E-state index contributed by atoms with van der Waals surface area (Å²) in [5, 5.41) is 16.2. The van der Waals surface area contributed by atoms with Gasteiger partial charge in [0.1, 0.15) is 18.2 Å². The van der Waals surface area contributed by atoms with Crippen molar-refractivity contribution < 1.29 is 33.8 Å². The maximum Gasteiger partial charge on any atom is 0.338 e. The summed E-state index contributed by atoms with van der Waals surface area (Å²) in [6.45, 7) is 9.04. The number of aromatic amines is 1. The summed E-state index contributed by atoms with van der Waals surface area (Å²) in [7, 11) is 2.93. The number of rotatable bonds is 6. The fourth-order valence-electron chi connectivity index (χ4n) is 6.35. The smallest absolute Gasteiger partial charge is 0.338 e. The van der Waals surface area contributed by atoms with E-state index < -0.39 is 54.0 Å². The Labute approximate surface area is 288 Å². The molecule has 1 aromatic heterocycles. The molecular weight excluding hydrogens is 624 g/mol. The van der Waals surface area contributed by atoms with Crippen LogP contribution in [0.2, 0.25) is 0 Å². The van der Waals surface area contributed by atoms with Crippen LogP contribution in [-0.2, 0) is 41.5 Å². The number of aromatic nitrogens is 1. The summed E-state index contributed by atoms with van der Waals surface area (Å²) in [5.41, 5.74) is 4.12.